The van der Waals surface area contributed by atoms with Crippen molar-refractivity contribution in [3.63, 3.8) is 0 Å². The SMILES string of the molecule is COc1cc2c(c(OC)c1OC)C(=O)[C@H]1CC(C)=C(C)C[C@@H]21. The van der Waals surface area contributed by atoms with Crippen LogP contribution in [0.3, 0.4) is 0 Å². The van der Waals surface area contributed by atoms with Gasteiger partial charge in [0.1, 0.15) is 0 Å². The summed E-state index contributed by atoms with van der Waals surface area (Å²) in [7, 11) is 4.74. The van der Waals surface area contributed by atoms with Crippen LogP contribution in [0.1, 0.15) is 48.5 Å². The molecule has 4 nitrogen and oxygen atoms in total. The lowest BCUT2D eigenvalue weighted by atomic mass is 9.77. The molecule has 0 amide bonds. The molecule has 0 radical (unpaired) electrons. The van der Waals surface area contributed by atoms with E-state index in [1.165, 1.54) is 11.1 Å². The van der Waals surface area contributed by atoms with Crippen LogP contribution in [0.2, 0.25) is 0 Å². The topological polar surface area (TPSA) is 44.8 Å². The molecule has 118 valence electrons. The van der Waals surface area contributed by atoms with Crippen molar-refractivity contribution < 1.29 is 19.0 Å². The van der Waals surface area contributed by atoms with Gasteiger partial charge < -0.3 is 14.2 Å². The van der Waals surface area contributed by atoms with Crippen LogP contribution >= 0.6 is 0 Å². The number of carbonyl (C=O) groups is 1. The first-order chi connectivity index (χ1) is 10.5. The van der Waals surface area contributed by atoms with Gasteiger partial charge in [-0.3, -0.25) is 4.79 Å². The molecule has 0 heterocycles. The molecule has 0 saturated carbocycles. The molecule has 2 aliphatic rings. The number of hydrogen-bond donors (Lipinski definition) is 0. The van der Waals surface area contributed by atoms with E-state index in [1.807, 2.05) is 6.07 Å². The van der Waals surface area contributed by atoms with E-state index in [4.69, 9.17) is 14.2 Å². The maximum atomic E-state index is 12.9. The highest BCUT2D eigenvalue weighted by Gasteiger charge is 2.45. The van der Waals surface area contributed by atoms with Crippen LogP contribution in [0.15, 0.2) is 17.2 Å². The minimum absolute atomic E-state index is 0.0180. The van der Waals surface area contributed by atoms with Gasteiger partial charge in [0.15, 0.2) is 17.3 Å². The smallest absolute Gasteiger partial charge is 0.204 e. The number of benzene rings is 1. The highest BCUT2D eigenvalue weighted by molar-refractivity contribution is 6.07. The average Bonchev–Trinajstić information content (AvgIpc) is 2.78. The molecular weight excluding hydrogens is 280 g/mol. The van der Waals surface area contributed by atoms with Crippen LogP contribution < -0.4 is 14.2 Å². The summed E-state index contributed by atoms with van der Waals surface area (Å²) in [5, 5.41) is 0. The van der Waals surface area contributed by atoms with Crippen molar-refractivity contribution in [2.24, 2.45) is 5.92 Å². The molecule has 0 saturated heterocycles. The first kappa shape index (κ1) is 14.9. The largest absolute Gasteiger partial charge is 0.493 e. The number of hydrogen-bond acceptors (Lipinski definition) is 4. The molecular formula is C18H22O4. The molecule has 0 fully saturated rings. The zero-order chi connectivity index (χ0) is 16.0. The van der Waals surface area contributed by atoms with Crippen LogP contribution in [0.4, 0.5) is 0 Å². The van der Waals surface area contributed by atoms with E-state index in [-0.39, 0.29) is 17.6 Å². The quantitative estimate of drug-likeness (QED) is 0.798. The van der Waals surface area contributed by atoms with Gasteiger partial charge in [0.2, 0.25) is 5.75 Å². The number of rotatable bonds is 3. The Hall–Kier alpha value is -1.97. The van der Waals surface area contributed by atoms with Crippen LogP contribution in [0, 0.1) is 5.92 Å². The summed E-state index contributed by atoms with van der Waals surface area (Å²) < 4.78 is 16.4. The van der Waals surface area contributed by atoms with Gasteiger partial charge in [0, 0.05) is 5.92 Å². The number of fused-ring (bicyclic) bond motifs is 3. The van der Waals surface area contributed by atoms with E-state index in [0.717, 1.165) is 18.4 Å². The Kier molecular flexibility index (Phi) is 3.63. The van der Waals surface area contributed by atoms with Crippen LogP contribution in [0.25, 0.3) is 0 Å². The second kappa shape index (κ2) is 5.34. The fraction of sp³-hybridized carbons (Fsp3) is 0.500. The van der Waals surface area contributed by atoms with Crippen molar-refractivity contribution in [2.45, 2.75) is 32.6 Å². The monoisotopic (exact) mass is 302 g/mol. The Balaban J connectivity index is 2.21. The van der Waals surface area contributed by atoms with Gasteiger partial charge in [-0.2, -0.15) is 0 Å². The van der Waals surface area contributed by atoms with Gasteiger partial charge in [-0.1, -0.05) is 11.1 Å². The molecule has 2 aliphatic carbocycles. The lowest BCUT2D eigenvalue weighted by Crippen LogP contribution is -2.19. The number of Topliss-reactive ketones (excluding diaryl/α,β-unsaturated/α-hetero) is 1. The molecule has 0 unspecified atom stereocenters. The summed E-state index contributed by atoms with van der Waals surface area (Å²) >= 11 is 0. The molecule has 0 N–H and O–H groups in total. The van der Waals surface area contributed by atoms with Gasteiger partial charge in [0.05, 0.1) is 26.9 Å². The van der Waals surface area contributed by atoms with E-state index in [9.17, 15) is 4.79 Å². The molecule has 22 heavy (non-hydrogen) atoms. The highest BCUT2D eigenvalue weighted by Crippen LogP contribution is 2.54. The Morgan fingerprint density at radius 2 is 1.50 bits per heavy atom. The third-order valence-corrected chi connectivity index (χ3v) is 5.11. The van der Waals surface area contributed by atoms with Crippen molar-refractivity contribution >= 4 is 5.78 Å². The predicted octanol–water partition coefficient (Wildman–Crippen LogP) is 3.74. The third-order valence-electron chi connectivity index (χ3n) is 5.11. The highest BCUT2D eigenvalue weighted by atomic mass is 16.5. The van der Waals surface area contributed by atoms with Gasteiger partial charge in [0.25, 0.3) is 0 Å². The number of carbonyl (C=O) groups excluding carboxylic acids is 1. The fourth-order valence-corrected chi connectivity index (χ4v) is 3.80. The van der Waals surface area contributed by atoms with E-state index < -0.39 is 0 Å². The normalized spacial score (nSPS) is 23.2. The third kappa shape index (κ3) is 1.93. The molecule has 1 aromatic carbocycles. The van der Waals surface area contributed by atoms with Crippen LogP contribution in [-0.4, -0.2) is 27.1 Å². The summed E-state index contributed by atoms with van der Waals surface area (Å²) in [5.74, 6) is 2.04. The fourth-order valence-electron chi connectivity index (χ4n) is 3.80. The Bertz CT molecular complexity index is 672. The average molecular weight is 302 g/mol. The van der Waals surface area contributed by atoms with Crippen molar-refractivity contribution in [1.82, 2.24) is 0 Å². The first-order valence-corrected chi connectivity index (χ1v) is 7.55. The molecule has 1 aromatic rings. The van der Waals surface area contributed by atoms with E-state index in [0.29, 0.717) is 22.8 Å². The molecule has 0 spiro atoms. The molecule has 3 rings (SSSR count). The predicted molar refractivity (Wildman–Crippen MR) is 84.3 cm³/mol. The van der Waals surface area contributed by atoms with Crippen molar-refractivity contribution in [2.75, 3.05) is 21.3 Å². The molecule has 2 atom stereocenters. The number of ketones is 1. The lowest BCUT2D eigenvalue weighted by Gasteiger charge is -2.27. The zero-order valence-corrected chi connectivity index (χ0v) is 13.8. The maximum Gasteiger partial charge on any atom is 0.204 e. The van der Waals surface area contributed by atoms with Gasteiger partial charge >= 0.3 is 0 Å². The first-order valence-electron chi connectivity index (χ1n) is 7.55. The summed E-state index contributed by atoms with van der Waals surface area (Å²) in [4.78, 5) is 12.9. The minimum Gasteiger partial charge on any atom is -0.493 e. The van der Waals surface area contributed by atoms with Crippen molar-refractivity contribution in [3.05, 3.63) is 28.3 Å². The second-order valence-electron chi connectivity index (χ2n) is 6.16. The minimum atomic E-state index is 0.0180. The van der Waals surface area contributed by atoms with E-state index in [2.05, 4.69) is 13.8 Å². The lowest BCUT2D eigenvalue weighted by molar-refractivity contribution is 0.0915. The van der Waals surface area contributed by atoms with Crippen molar-refractivity contribution in [1.29, 1.82) is 0 Å². The van der Waals surface area contributed by atoms with E-state index >= 15 is 0 Å². The summed E-state index contributed by atoms with van der Waals surface area (Å²) in [5.41, 5.74) is 4.44. The molecule has 0 bridgehead atoms. The molecule has 0 aliphatic heterocycles. The Morgan fingerprint density at radius 1 is 0.909 bits per heavy atom. The second-order valence-corrected chi connectivity index (χ2v) is 6.16. The van der Waals surface area contributed by atoms with Crippen LogP contribution in [-0.2, 0) is 0 Å². The molecule has 0 aromatic heterocycles. The van der Waals surface area contributed by atoms with Gasteiger partial charge in [-0.25, -0.2) is 0 Å². The number of ether oxygens (including phenoxy) is 3. The van der Waals surface area contributed by atoms with Crippen molar-refractivity contribution in [3.8, 4) is 17.2 Å². The van der Waals surface area contributed by atoms with Gasteiger partial charge in [-0.05, 0) is 44.2 Å². The number of methoxy groups -OCH3 is 3. The summed E-state index contributed by atoms with van der Waals surface area (Å²) in [6.07, 6.45) is 1.76. The van der Waals surface area contributed by atoms with Gasteiger partial charge in [-0.15, -0.1) is 0 Å². The molecule has 4 heteroatoms. The Labute approximate surface area is 131 Å². The zero-order valence-electron chi connectivity index (χ0n) is 13.8. The summed E-state index contributed by atoms with van der Waals surface area (Å²) in [6.45, 7) is 4.28. The standard InChI is InChI=1S/C18H22O4/c1-9-6-11-12-8-14(20-3)17(21-4)18(22-5)15(12)16(19)13(11)7-10(9)2/h8,11,13H,6-7H2,1-5H3/t11-,13-/m0/s1. The number of allylic oxidation sites excluding steroid dienone is 2. The van der Waals surface area contributed by atoms with E-state index in [1.54, 1.807) is 21.3 Å². The Morgan fingerprint density at radius 3 is 2.05 bits per heavy atom. The van der Waals surface area contributed by atoms with Crippen LogP contribution in [0.5, 0.6) is 17.2 Å². The maximum absolute atomic E-state index is 12.9. The summed E-state index contributed by atoms with van der Waals surface area (Å²) in [6, 6.07) is 1.95.